The zero-order valence-electron chi connectivity index (χ0n) is 18.1. The van der Waals surface area contributed by atoms with Gasteiger partial charge in [0.25, 0.3) is 0 Å². The Labute approximate surface area is 195 Å². The largest absolute Gasteiger partial charge is 0.478 e. The lowest BCUT2D eigenvalue weighted by Gasteiger charge is -2.10. The molecule has 0 atom stereocenters. The first kappa shape index (κ1) is 24.1. The van der Waals surface area contributed by atoms with E-state index in [0.717, 1.165) is 35.2 Å². The predicted octanol–water partition coefficient (Wildman–Crippen LogP) is 4.52. The smallest absolute Gasteiger partial charge is 0.328 e. The summed E-state index contributed by atoms with van der Waals surface area (Å²) in [4.78, 5) is 27.9. The van der Waals surface area contributed by atoms with Crippen LogP contribution in [0, 0.1) is 5.82 Å². The Bertz CT molecular complexity index is 1320. The maximum absolute atomic E-state index is 14.1. The number of aryl methyl sites for hydroxylation is 2. The number of rotatable bonds is 6. The van der Waals surface area contributed by atoms with Crippen LogP contribution >= 0.6 is 0 Å². The van der Waals surface area contributed by atoms with E-state index in [9.17, 15) is 14.0 Å². The highest BCUT2D eigenvalue weighted by Crippen LogP contribution is 2.30. The molecule has 0 aliphatic rings. The van der Waals surface area contributed by atoms with E-state index in [4.69, 9.17) is 15.9 Å². The molecule has 4 aromatic rings. The first-order valence-electron chi connectivity index (χ1n) is 10.3. The van der Waals surface area contributed by atoms with E-state index in [-0.39, 0.29) is 11.8 Å². The van der Waals surface area contributed by atoms with Crippen molar-refractivity contribution < 1.29 is 24.2 Å². The lowest BCUT2D eigenvalue weighted by Crippen LogP contribution is -2.03. The van der Waals surface area contributed by atoms with Gasteiger partial charge < -0.3 is 15.9 Å². The molecule has 172 valence electrons. The van der Waals surface area contributed by atoms with Gasteiger partial charge in [0.1, 0.15) is 5.82 Å². The van der Waals surface area contributed by atoms with E-state index >= 15 is 0 Å². The van der Waals surface area contributed by atoms with Crippen LogP contribution in [0.2, 0.25) is 0 Å². The van der Waals surface area contributed by atoms with E-state index in [1.165, 1.54) is 11.6 Å². The van der Waals surface area contributed by atoms with Crippen LogP contribution in [0.25, 0.3) is 22.0 Å². The van der Waals surface area contributed by atoms with Gasteiger partial charge in [-0.2, -0.15) is 0 Å². The fraction of sp³-hybridized carbons (Fsp3) is 0.0769. The molecule has 4 rings (SSSR count). The molecule has 3 aromatic carbocycles. The van der Waals surface area contributed by atoms with Gasteiger partial charge in [-0.05, 0) is 42.0 Å². The number of anilines is 1. The van der Waals surface area contributed by atoms with Crippen LogP contribution < -0.4 is 5.73 Å². The van der Waals surface area contributed by atoms with Crippen LogP contribution in [-0.2, 0) is 22.4 Å². The summed E-state index contributed by atoms with van der Waals surface area (Å²) in [6.07, 6.45) is 2.76. The van der Waals surface area contributed by atoms with Crippen LogP contribution in [0.3, 0.4) is 0 Å². The van der Waals surface area contributed by atoms with Crippen molar-refractivity contribution in [1.29, 1.82) is 0 Å². The highest BCUT2D eigenvalue weighted by molar-refractivity contribution is 5.96. The topological polar surface area (TPSA) is 126 Å². The molecule has 0 aliphatic heterocycles. The average molecular weight is 459 g/mol. The molecule has 0 aliphatic carbocycles. The molecule has 0 saturated carbocycles. The van der Waals surface area contributed by atoms with E-state index in [1.807, 2.05) is 42.5 Å². The molecule has 0 fully saturated rings. The second-order valence-corrected chi connectivity index (χ2v) is 7.24. The Balaban J connectivity index is 0.000000350. The number of hydrogen-bond donors (Lipinski definition) is 3. The van der Waals surface area contributed by atoms with Gasteiger partial charge >= 0.3 is 11.9 Å². The fourth-order valence-corrected chi connectivity index (χ4v) is 3.33. The maximum Gasteiger partial charge on any atom is 0.328 e. The quantitative estimate of drug-likeness (QED) is 0.362. The van der Waals surface area contributed by atoms with E-state index in [2.05, 4.69) is 22.1 Å². The number of carbonyl (C=O) groups is 2. The van der Waals surface area contributed by atoms with E-state index in [0.29, 0.717) is 17.5 Å². The Morgan fingerprint density at radius 1 is 0.824 bits per heavy atom. The molecule has 0 unspecified atom stereocenters. The summed E-state index contributed by atoms with van der Waals surface area (Å²) in [6.45, 7) is 0. The van der Waals surface area contributed by atoms with Crippen molar-refractivity contribution in [2.75, 3.05) is 5.73 Å². The first-order valence-corrected chi connectivity index (χ1v) is 10.3. The molecule has 34 heavy (non-hydrogen) atoms. The third kappa shape index (κ3) is 6.70. The molecule has 4 N–H and O–H groups in total. The number of nitrogen functional groups attached to an aromatic ring is 1. The minimum absolute atomic E-state index is 0.235. The third-order valence-corrected chi connectivity index (χ3v) is 4.82. The minimum atomic E-state index is -1.26. The average Bonchev–Trinajstić information content (AvgIpc) is 2.83. The number of benzene rings is 3. The maximum atomic E-state index is 14.1. The van der Waals surface area contributed by atoms with Crippen LogP contribution in [0.5, 0.6) is 0 Å². The third-order valence-electron chi connectivity index (χ3n) is 4.82. The Morgan fingerprint density at radius 3 is 2.09 bits per heavy atom. The van der Waals surface area contributed by atoms with Crippen molar-refractivity contribution in [3.63, 3.8) is 0 Å². The molecule has 0 radical (unpaired) electrons. The number of halogens is 1. The van der Waals surface area contributed by atoms with E-state index < -0.39 is 11.9 Å². The van der Waals surface area contributed by atoms with Crippen molar-refractivity contribution in [3.8, 4) is 11.3 Å². The Morgan fingerprint density at radius 2 is 1.44 bits per heavy atom. The summed E-state index contributed by atoms with van der Waals surface area (Å²) in [7, 11) is 0. The van der Waals surface area contributed by atoms with E-state index in [1.54, 1.807) is 12.1 Å². The van der Waals surface area contributed by atoms with Crippen LogP contribution in [0.4, 0.5) is 10.3 Å². The lowest BCUT2D eigenvalue weighted by atomic mass is 10.0. The molecule has 0 amide bonds. The first-order chi connectivity index (χ1) is 16.3. The Hall–Kier alpha value is -4.59. The zero-order chi connectivity index (χ0) is 24.5. The molecule has 7 nitrogen and oxygen atoms in total. The number of hydrogen-bond acceptors (Lipinski definition) is 5. The minimum Gasteiger partial charge on any atom is -0.478 e. The summed E-state index contributed by atoms with van der Waals surface area (Å²) in [5.74, 6) is -2.52. The molecule has 0 saturated heterocycles. The lowest BCUT2D eigenvalue weighted by molar-refractivity contribution is -0.134. The van der Waals surface area contributed by atoms with Gasteiger partial charge in [-0.15, -0.1) is 0 Å². The second-order valence-electron chi connectivity index (χ2n) is 7.24. The van der Waals surface area contributed by atoms with Crippen molar-refractivity contribution in [2.45, 2.75) is 12.8 Å². The van der Waals surface area contributed by atoms with Gasteiger partial charge in [-0.1, -0.05) is 54.6 Å². The number of nitrogens with two attached hydrogens (primary N) is 1. The van der Waals surface area contributed by atoms with Gasteiger partial charge in [0.05, 0.1) is 5.69 Å². The molecule has 0 bridgehead atoms. The molecule has 8 heteroatoms. The van der Waals surface area contributed by atoms with Crippen LogP contribution in [-0.4, -0.2) is 32.1 Å². The molecule has 0 spiro atoms. The van der Waals surface area contributed by atoms with Crippen LogP contribution in [0.15, 0.2) is 84.9 Å². The van der Waals surface area contributed by atoms with Gasteiger partial charge in [-0.3, -0.25) is 0 Å². The van der Waals surface area contributed by atoms with Gasteiger partial charge in [0.15, 0.2) is 0 Å². The summed E-state index contributed by atoms with van der Waals surface area (Å²) < 4.78 is 14.1. The van der Waals surface area contributed by atoms with Gasteiger partial charge in [-0.25, -0.2) is 23.9 Å². The number of carboxylic acid groups (broad SMARTS) is 2. The SMILES string of the molecule is Nc1nc(CCc2ccccc2)cc(-c2ccc(F)c3ccccc23)n1.O=C(O)C=CC(=O)O. The number of aromatic nitrogens is 2. The predicted molar refractivity (Wildman–Crippen MR) is 128 cm³/mol. The summed E-state index contributed by atoms with van der Waals surface area (Å²) in [5, 5.41) is 17.0. The van der Waals surface area contributed by atoms with Crippen LogP contribution in [0.1, 0.15) is 11.3 Å². The summed E-state index contributed by atoms with van der Waals surface area (Å²) in [5.41, 5.74) is 9.65. The molecular formula is C26H22FN3O4. The van der Waals surface area contributed by atoms with Gasteiger partial charge in [0.2, 0.25) is 5.95 Å². The number of carboxylic acids is 2. The molecule has 1 aromatic heterocycles. The fourth-order valence-electron chi connectivity index (χ4n) is 3.33. The number of aliphatic carboxylic acids is 2. The standard InChI is InChI=1S/C22H18FN3.C4H4O4/c23-20-13-12-19(17-8-4-5-9-18(17)20)21-14-16(25-22(24)26-21)11-10-15-6-2-1-3-7-15;5-3(6)1-2-4(7)8/h1-9,12-14H,10-11H2,(H2,24,25,26);1-2H,(H,5,6)(H,7,8). The number of fused-ring (bicyclic) bond motifs is 1. The summed E-state index contributed by atoms with van der Waals surface area (Å²) in [6, 6.07) is 22.8. The zero-order valence-corrected chi connectivity index (χ0v) is 18.1. The van der Waals surface area contributed by atoms with Crippen molar-refractivity contribution in [1.82, 2.24) is 9.97 Å². The van der Waals surface area contributed by atoms with Gasteiger partial charge in [0, 0.05) is 28.8 Å². The van der Waals surface area contributed by atoms with Crippen molar-refractivity contribution in [3.05, 3.63) is 102 Å². The number of nitrogens with zero attached hydrogens (tertiary/aromatic N) is 2. The summed E-state index contributed by atoms with van der Waals surface area (Å²) >= 11 is 0. The van der Waals surface area contributed by atoms with Crippen molar-refractivity contribution in [2.24, 2.45) is 0 Å². The highest BCUT2D eigenvalue weighted by Gasteiger charge is 2.11. The second kappa shape index (κ2) is 11.3. The normalized spacial score (nSPS) is 10.6. The molecular weight excluding hydrogens is 437 g/mol. The molecule has 1 heterocycles. The monoisotopic (exact) mass is 459 g/mol. The Kier molecular flexibility index (Phi) is 8.02. The van der Waals surface area contributed by atoms with Crippen molar-refractivity contribution >= 4 is 28.7 Å². The highest BCUT2D eigenvalue weighted by atomic mass is 19.1.